The van der Waals surface area contributed by atoms with Crippen molar-refractivity contribution in [2.75, 3.05) is 33.3 Å². The summed E-state index contributed by atoms with van der Waals surface area (Å²) in [6.45, 7) is 1.14. The number of ether oxygens (including phenoxy) is 1. The van der Waals surface area contributed by atoms with Crippen LogP contribution in [-0.4, -0.2) is 106 Å². The van der Waals surface area contributed by atoms with Gasteiger partial charge in [0.1, 0.15) is 6.04 Å². The number of thiazole rings is 1. The number of aryl methyl sites for hydroxylation is 1. The fourth-order valence-corrected chi connectivity index (χ4v) is 8.47. The molecule has 0 saturated carbocycles. The molecule has 1 aliphatic heterocycles. The smallest absolute Gasteiger partial charge is 0.305 e. The number of carbonyl (C=O) groups excluding carboxylic acids is 4. The Balaban J connectivity index is 1.39. The molecule has 2 amide bonds. The summed E-state index contributed by atoms with van der Waals surface area (Å²) in [5.41, 5.74) is 0.874. The van der Waals surface area contributed by atoms with Crippen LogP contribution in [0.1, 0.15) is 41.0 Å². The van der Waals surface area contributed by atoms with Crippen LogP contribution in [0.4, 0.5) is 0 Å². The fraction of sp³-hybridized carbons (Fsp3) is 0.375. The molecular formula is C32H39N7O9S3. The molecule has 19 heteroatoms. The van der Waals surface area contributed by atoms with Crippen molar-refractivity contribution in [2.24, 2.45) is 0 Å². The highest BCUT2D eigenvalue weighted by Gasteiger charge is 2.42. The van der Waals surface area contributed by atoms with Crippen LogP contribution in [0.15, 0.2) is 76.0 Å². The lowest BCUT2D eigenvalue weighted by atomic mass is 10.1. The molecule has 274 valence electrons. The summed E-state index contributed by atoms with van der Waals surface area (Å²) in [4.78, 5) is 57.4. The van der Waals surface area contributed by atoms with Gasteiger partial charge in [0.05, 0.1) is 29.5 Å². The van der Waals surface area contributed by atoms with Crippen molar-refractivity contribution >= 4 is 60.9 Å². The highest BCUT2D eigenvalue weighted by atomic mass is 32.2. The molecule has 51 heavy (non-hydrogen) atoms. The minimum atomic E-state index is -4.13. The highest BCUT2D eigenvalue weighted by Crippen LogP contribution is 2.25. The second kappa shape index (κ2) is 17.5. The molecule has 2 aromatic carbocycles. The molecule has 0 unspecified atom stereocenters. The summed E-state index contributed by atoms with van der Waals surface area (Å²) >= 11 is 1.08. The molecule has 2 heterocycles. The fourth-order valence-electron chi connectivity index (χ4n) is 5.26. The number of ketones is 1. The minimum Gasteiger partial charge on any atom is -0.469 e. The van der Waals surface area contributed by atoms with Gasteiger partial charge in [0.2, 0.25) is 33.6 Å². The van der Waals surface area contributed by atoms with Gasteiger partial charge in [0.25, 0.3) is 10.0 Å². The molecular weight excluding hydrogens is 723 g/mol. The lowest BCUT2D eigenvalue weighted by molar-refractivity contribution is -0.144. The number of aromatic nitrogens is 1. The summed E-state index contributed by atoms with van der Waals surface area (Å²) in [5.74, 6) is -2.95. The number of methoxy groups -OCH3 is 1. The van der Waals surface area contributed by atoms with Crippen LogP contribution in [0.3, 0.4) is 0 Å². The zero-order chi connectivity index (χ0) is 37.2. The standard InChI is InChI=1S/C32H39N7O9S3/c1-22-10-12-23(13-11-22)50(44,45)37-32(33)35-16-6-9-25(29(42)30-34-17-20-49-30)36-27(40)21-38-18-19-39(26(31(38)43)14-15-28(41)48-2)51(46,47)24-7-4-3-5-8-24/h3-5,7-8,10-13,17,20,25-26H,6,9,14-16,18-19,21H2,1-2H3,(H,36,40)(H3,33,35,37)/t25-,26+/m0/s1. The molecule has 0 aliphatic carbocycles. The van der Waals surface area contributed by atoms with Gasteiger partial charge in [-0.25, -0.2) is 26.5 Å². The largest absolute Gasteiger partial charge is 0.469 e. The van der Waals surface area contributed by atoms with E-state index in [9.17, 15) is 36.0 Å². The zero-order valence-corrected chi connectivity index (χ0v) is 30.4. The van der Waals surface area contributed by atoms with Gasteiger partial charge in [-0.2, -0.15) is 4.31 Å². The maximum atomic E-state index is 13.7. The van der Waals surface area contributed by atoms with E-state index in [0.717, 1.165) is 21.2 Å². The number of Topliss-reactive ketones (excluding diaryl/α,β-unsaturated/α-hetero) is 1. The molecule has 3 aromatic rings. The quantitative estimate of drug-likeness (QED) is 0.0535. The number of carbonyl (C=O) groups is 4. The topological polar surface area (TPSA) is 225 Å². The maximum absolute atomic E-state index is 13.7. The number of amides is 2. The number of nitrogens with one attached hydrogen (secondary N) is 4. The molecule has 4 rings (SSSR count). The van der Waals surface area contributed by atoms with E-state index in [1.54, 1.807) is 35.7 Å². The third-order valence-corrected chi connectivity index (χ3v) is 12.0. The Kier molecular flexibility index (Phi) is 13.4. The van der Waals surface area contributed by atoms with Gasteiger partial charge < -0.3 is 20.3 Å². The summed E-state index contributed by atoms with van der Waals surface area (Å²) < 4.78 is 60.0. The first-order valence-electron chi connectivity index (χ1n) is 15.8. The summed E-state index contributed by atoms with van der Waals surface area (Å²) in [7, 11) is -6.94. The van der Waals surface area contributed by atoms with Crippen LogP contribution in [0.5, 0.6) is 0 Å². The second-order valence-corrected chi connectivity index (χ2v) is 16.0. The second-order valence-electron chi connectivity index (χ2n) is 11.5. The van der Waals surface area contributed by atoms with Crippen LogP contribution in [-0.2, 0) is 39.2 Å². The van der Waals surface area contributed by atoms with E-state index in [1.807, 2.05) is 6.92 Å². The zero-order valence-electron chi connectivity index (χ0n) is 27.9. The van der Waals surface area contributed by atoms with E-state index in [-0.39, 0.29) is 60.1 Å². The molecule has 1 aromatic heterocycles. The number of piperazine rings is 1. The molecule has 0 radical (unpaired) electrons. The third-order valence-electron chi connectivity index (χ3n) is 7.90. The molecule has 0 spiro atoms. The Hall–Kier alpha value is -4.72. The molecule has 1 saturated heterocycles. The number of rotatable bonds is 16. The van der Waals surface area contributed by atoms with Crippen molar-refractivity contribution in [2.45, 2.75) is 54.5 Å². The maximum Gasteiger partial charge on any atom is 0.305 e. The third kappa shape index (κ3) is 10.4. The van der Waals surface area contributed by atoms with E-state index in [0.29, 0.717) is 0 Å². The monoisotopic (exact) mass is 761 g/mol. The number of hydrogen-bond acceptors (Lipinski definition) is 12. The lowest BCUT2D eigenvalue weighted by Crippen LogP contribution is -2.60. The van der Waals surface area contributed by atoms with Crippen LogP contribution >= 0.6 is 11.3 Å². The average molecular weight is 762 g/mol. The van der Waals surface area contributed by atoms with Gasteiger partial charge >= 0.3 is 5.97 Å². The Morgan fingerprint density at radius 3 is 2.39 bits per heavy atom. The van der Waals surface area contributed by atoms with Crippen molar-refractivity contribution in [3.8, 4) is 0 Å². The number of sulfonamides is 2. The number of guanidine groups is 1. The first-order valence-corrected chi connectivity index (χ1v) is 19.6. The van der Waals surface area contributed by atoms with Gasteiger partial charge in [-0.1, -0.05) is 35.9 Å². The Morgan fingerprint density at radius 1 is 1.04 bits per heavy atom. The van der Waals surface area contributed by atoms with E-state index >= 15 is 0 Å². The normalized spacial score (nSPS) is 15.8. The van der Waals surface area contributed by atoms with E-state index < -0.39 is 68.2 Å². The molecule has 16 nitrogen and oxygen atoms in total. The average Bonchev–Trinajstić information content (AvgIpc) is 3.65. The van der Waals surface area contributed by atoms with E-state index in [4.69, 9.17) is 5.41 Å². The number of esters is 1. The van der Waals surface area contributed by atoms with E-state index in [2.05, 4.69) is 25.1 Å². The van der Waals surface area contributed by atoms with Crippen molar-refractivity contribution in [3.63, 3.8) is 0 Å². The predicted molar refractivity (Wildman–Crippen MR) is 187 cm³/mol. The van der Waals surface area contributed by atoms with Crippen LogP contribution in [0.25, 0.3) is 0 Å². The van der Waals surface area contributed by atoms with Crippen LogP contribution in [0, 0.1) is 12.3 Å². The van der Waals surface area contributed by atoms with E-state index in [1.165, 1.54) is 42.5 Å². The van der Waals surface area contributed by atoms with Crippen LogP contribution < -0.4 is 15.4 Å². The Bertz CT molecular complexity index is 1920. The number of hydrogen-bond donors (Lipinski definition) is 4. The molecule has 1 fully saturated rings. The summed E-state index contributed by atoms with van der Waals surface area (Å²) in [6, 6.07) is 11.3. The van der Waals surface area contributed by atoms with Gasteiger partial charge in [0, 0.05) is 37.6 Å². The number of nitrogens with zero attached hydrogens (tertiary/aromatic N) is 3. The minimum absolute atomic E-state index is 0.0102. The van der Waals surface area contributed by atoms with Crippen molar-refractivity contribution < 1.29 is 40.8 Å². The van der Waals surface area contributed by atoms with Gasteiger partial charge in [-0.05, 0) is 50.5 Å². The Labute approximate surface area is 300 Å². The molecule has 2 atom stereocenters. The molecule has 4 N–H and O–H groups in total. The van der Waals surface area contributed by atoms with Crippen molar-refractivity contribution in [3.05, 3.63) is 76.7 Å². The summed E-state index contributed by atoms with van der Waals surface area (Å²) in [6.07, 6.45) is 1.33. The highest BCUT2D eigenvalue weighted by molar-refractivity contribution is 7.90. The molecule has 1 aliphatic rings. The SMILES string of the molecule is COC(=O)CC[C@@H]1C(=O)N(CC(=O)N[C@@H](CCCNC(=N)NS(=O)(=O)c2ccc(C)cc2)C(=O)c2nccs2)CCN1S(=O)(=O)c1ccccc1. The van der Waals surface area contributed by atoms with Gasteiger partial charge in [-0.3, -0.25) is 24.6 Å². The summed E-state index contributed by atoms with van der Waals surface area (Å²) in [5, 5.41) is 15.1. The predicted octanol–water partition coefficient (Wildman–Crippen LogP) is 1.26. The van der Waals surface area contributed by atoms with Gasteiger partial charge in [-0.15, -0.1) is 11.3 Å². The first kappa shape index (κ1) is 39.1. The van der Waals surface area contributed by atoms with Crippen molar-refractivity contribution in [1.82, 2.24) is 29.5 Å². The first-order chi connectivity index (χ1) is 24.2. The lowest BCUT2D eigenvalue weighted by Gasteiger charge is -2.39. The molecule has 0 bridgehead atoms. The van der Waals surface area contributed by atoms with Crippen molar-refractivity contribution in [1.29, 1.82) is 5.41 Å². The Morgan fingerprint density at radius 2 is 1.75 bits per heavy atom. The van der Waals surface area contributed by atoms with Gasteiger partial charge in [0.15, 0.2) is 5.01 Å². The number of benzene rings is 2. The van der Waals surface area contributed by atoms with Crippen LogP contribution in [0.2, 0.25) is 0 Å².